The number of carboxylic acid groups (broad SMARTS) is 1. The summed E-state index contributed by atoms with van der Waals surface area (Å²) in [6.07, 6.45) is 5.43. The minimum atomic E-state index is -0.869. The Hall–Kier alpha value is -2.07. The van der Waals surface area contributed by atoms with Crippen molar-refractivity contribution >= 4 is 27.6 Å². The number of hydrogen-bond donors (Lipinski definition) is 2. The molecule has 2 aromatic carbocycles. The lowest BCUT2D eigenvalue weighted by atomic mass is 9.76. The van der Waals surface area contributed by atoms with Gasteiger partial charge in [0.25, 0.3) is 0 Å². The van der Waals surface area contributed by atoms with Gasteiger partial charge in [-0.25, -0.2) is 4.79 Å². The number of aromatic carboxylic acids is 1. The number of benzene rings is 2. The Labute approximate surface area is 143 Å². The highest BCUT2D eigenvalue weighted by molar-refractivity contribution is 9.10. The van der Waals surface area contributed by atoms with E-state index < -0.39 is 5.97 Å². The predicted octanol–water partition coefficient (Wildman–Crippen LogP) is 4.97. The average Bonchev–Trinajstić information content (AvgIpc) is 3.04. The van der Waals surface area contributed by atoms with Gasteiger partial charge in [-0.05, 0) is 47.7 Å². The first kappa shape index (κ1) is 14.5. The first-order chi connectivity index (χ1) is 11.1. The fraction of sp³-hybridized carbons (Fsp3) is 0.211. The first-order valence-electron chi connectivity index (χ1n) is 7.70. The van der Waals surface area contributed by atoms with Gasteiger partial charge in [-0.1, -0.05) is 46.3 Å². The van der Waals surface area contributed by atoms with Crippen LogP contribution in [0.15, 0.2) is 59.1 Å². The largest absolute Gasteiger partial charge is 0.478 e. The van der Waals surface area contributed by atoms with Crippen LogP contribution in [0.4, 0.5) is 5.69 Å². The van der Waals surface area contributed by atoms with Gasteiger partial charge in [-0.2, -0.15) is 0 Å². The van der Waals surface area contributed by atoms with Gasteiger partial charge in [0.15, 0.2) is 0 Å². The van der Waals surface area contributed by atoms with Crippen molar-refractivity contribution in [1.82, 2.24) is 0 Å². The zero-order valence-corrected chi connectivity index (χ0v) is 14.0. The number of anilines is 1. The molecular formula is C19H16BrNO2. The van der Waals surface area contributed by atoms with Crippen molar-refractivity contribution < 1.29 is 9.90 Å². The summed E-state index contributed by atoms with van der Waals surface area (Å²) in [4.78, 5) is 11.6. The molecule has 4 rings (SSSR count). The van der Waals surface area contributed by atoms with Crippen LogP contribution < -0.4 is 5.32 Å². The Balaban J connectivity index is 1.83. The van der Waals surface area contributed by atoms with Crippen LogP contribution in [0, 0.1) is 5.92 Å². The summed E-state index contributed by atoms with van der Waals surface area (Å²) in [7, 11) is 0. The van der Waals surface area contributed by atoms with Crippen molar-refractivity contribution in [2.75, 3.05) is 5.32 Å². The van der Waals surface area contributed by atoms with Crippen LogP contribution in [0.3, 0.4) is 0 Å². The molecule has 1 aliphatic carbocycles. The molecule has 23 heavy (non-hydrogen) atoms. The molecule has 1 aliphatic heterocycles. The summed E-state index contributed by atoms with van der Waals surface area (Å²) < 4.78 is 1.07. The van der Waals surface area contributed by atoms with Gasteiger partial charge >= 0.3 is 5.97 Å². The summed E-state index contributed by atoms with van der Waals surface area (Å²) in [6, 6.07) is 13.6. The SMILES string of the molecule is O=C(O)c1ccccc1[C@@H]1Nc2ccc(Br)cc2[C@@H]2C=CC[C@@H]21. The molecule has 1 heterocycles. The smallest absolute Gasteiger partial charge is 0.336 e. The van der Waals surface area contributed by atoms with Gasteiger partial charge in [-0.3, -0.25) is 0 Å². The number of halogens is 1. The average molecular weight is 370 g/mol. The maximum atomic E-state index is 11.6. The summed E-state index contributed by atoms with van der Waals surface area (Å²) in [6.45, 7) is 0. The van der Waals surface area contributed by atoms with Gasteiger partial charge in [0, 0.05) is 16.1 Å². The van der Waals surface area contributed by atoms with Gasteiger partial charge in [0.05, 0.1) is 11.6 Å². The molecule has 0 radical (unpaired) electrons. The van der Waals surface area contributed by atoms with Crippen LogP contribution in [-0.2, 0) is 0 Å². The van der Waals surface area contributed by atoms with Crippen molar-refractivity contribution in [3.05, 3.63) is 75.8 Å². The minimum Gasteiger partial charge on any atom is -0.478 e. The van der Waals surface area contributed by atoms with Gasteiger partial charge < -0.3 is 10.4 Å². The number of nitrogens with one attached hydrogen (secondary N) is 1. The molecule has 0 fully saturated rings. The van der Waals surface area contributed by atoms with Crippen molar-refractivity contribution in [2.45, 2.75) is 18.4 Å². The van der Waals surface area contributed by atoms with E-state index in [-0.39, 0.29) is 6.04 Å². The fourth-order valence-corrected chi connectivity index (χ4v) is 4.21. The summed E-state index contributed by atoms with van der Waals surface area (Å²) in [5.41, 5.74) is 3.62. The Morgan fingerprint density at radius 1 is 1.17 bits per heavy atom. The van der Waals surface area contributed by atoms with Crippen LogP contribution in [0.1, 0.15) is 39.9 Å². The Bertz CT molecular complexity index is 815. The monoisotopic (exact) mass is 369 g/mol. The third kappa shape index (κ3) is 2.38. The quantitative estimate of drug-likeness (QED) is 0.734. The molecule has 3 atom stereocenters. The van der Waals surface area contributed by atoms with E-state index in [4.69, 9.17) is 0 Å². The molecular weight excluding hydrogens is 354 g/mol. The van der Waals surface area contributed by atoms with E-state index in [9.17, 15) is 9.90 Å². The third-order valence-corrected chi connectivity index (χ3v) is 5.34. The number of hydrogen-bond acceptors (Lipinski definition) is 2. The van der Waals surface area contributed by atoms with E-state index in [1.807, 2.05) is 18.2 Å². The third-order valence-electron chi connectivity index (χ3n) is 4.85. The number of carboxylic acids is 1. The maximum absolute atomic E-state index is 11.6. The fourth-order valence-electron chi connectivity index (χ4n) is 3.84. The molecule has 0 saturated heterocycles. The molecule has 2 aliphatic rings. The van der Waals surface area contributed by atoms with Crippen LogP contribution in [0.5, 0.6) is 0 Å². The van der Waals surface area contributed by atoms with Gasteiger partial charge in [-0.15, -0.1) is 0 Å². The number of allylic oxidation sites excluding steroid dienone is 2. The second-order valence-corrected chi connectivity index (χ2v) is 7.02. The van der Waals surface area contributed by atoms with E-state index in [0.717, 1.165) is 22.1 Å². The van der Waals surface area contributed by atoms with Crippen LogP contribution in [-0.4, -0.2) is 11.1 Å². The zero-order valence-electron chi connectivity index (χ0n) is 12.4. The highest BCUT2D eigenvalue weighted by Crippen LogP contribution is 2.50. The highest BCUT2D eigenvalue weighted by atomic mass is 79.9. The standard InChI is InChI=1S/C19H16BrNO2/c20-11-8-9-17-16(10-11)12-6-3-7-13(12)18(21-17)14-4-1-2-5-15(14)19(22)23/h1-6,8-10,12-13,18,21H,7H2,(H,22,23)/t12-,13+,18-/m1/s1. The highest BCUT2D eigenvalue weighted by Gasteiger charge is 2.39. The van der Waals surface area contributed by atoms with Gasteiger partial charge in [0.1, 0.15) is 0 Å². The molecule has 4 heteroatoms. The molecule has 0 bridgehead atoms. The zero-order chi connectivity index (χ0) is 16.0. The lowest BCUT2D eigenvalue weighted by Crippen LogP contribution is -2.30. The van der Waals surface area contributed by atoms with E-state index in [2.05, 4.69) is 45.5 Å². The lowest BCUT2D eigenvalue weighted by Gasteiger charge is -2.38. The topological polar surface area (TPSA) is 49.3 Å². The summed E-state index contributed by atoms with van der Waals surface area (Å²) >= 11 is 3.55. The second-order valence-electron chi connectivity index (χ2n) is 6.10. The molecule has 2 N–H and O–H groups in total. The number of carbonyl (C=O) groups is 1. The molecule has 3 nitrogen and oxygen atoms in total. The predicted molar refractivity (Wildman–Crippen MR) is 93.9 cm³/mol. The summed E-state index contributed by atoms with van der Waals surface area (Å²) in [5.74, 6) is -0.195. The number of rotatable bonds is 2. The lowest BCUT2D eigenvalue weighted by molar-refractivity contribution is 0.0694. The van der Waals surface area contributed by atoms with Crippen LogP contribution >= 0.6 is 15.9 Å². The normalized spacial score (nSPS) is 24.7. The molecule has 0 spiro atoms. The molecule has 0 saturated carbocycles. The van der Waals surface area contributed by atoms with Crippen molar-refractivity contribution in [1.29, 1.82) is 0 Å². The Morgan fingerprint density at radius 2 is 2.00 bits per heavy atom. The first-order valence-corrected chi connectivity index (χ1v) is 8.49. The Morgan fingerprint density at radius 3 is 2.83 bits per heavy atom. The van der Waals surface area contributed by atoms with Gasteiger partial charge in [0.2, 0.25) is 0 Å². The molecule has 116 valence electrons. The Kier molecular flexibility index (Phi) is 3.49. The van der Waals surface area contributed by atoms with E-state index >= 15 is 0 Å². The maximum Gasteiger partial charge on any atom is 0.336 e. The van der Waals surface area contributed by atoms with Crippen LogP contribution in [0.25, 0.3) is 0 Å². The molecule has 0 amide bonds. The molecule has 0 aromatic heterocycles. The van der Waals surface area contributed by atoms with Crippen molar-refractivity contribution in [3.63, 3.8) is 0 Å². The molecule has 0 unspecified atom stereocenters. The van der Waals surface area contributed by atoms with Crippen LogP contribution in [0.2, 0.25) is 0 Å². The summed E-state index contributed by atoms with van der Waals surface area (Å²) in [5, 5.41) is 13.1. The minimum absolute atomic E-state index is 0.0102. The molecule has 2 aromatic rings. The van der Waals surface area contributed by atoms with E-state index in [1.165, 1.54) is 5.56 Å². The van der Waals surface area contributed by atoms with Crippen molar-refractivity contribution in [2.24, 2.45) is 5.92 Å². The second kappa shape index (κ2) is 5.53. The number of fused-ring (bicyclic) bond motifs is 3. The van der Waals surface area contributed by atoms with E-state index in [0.29, 0.717) is 17.4 Å². The van der Waals surface area contributed by atoms with Crippen molar-refractivity contribution in [3.8, 4) is 0 Å². The van der Waals surface area contributed by atoms with E-state index in [1.54, 1.807) is 12.1 Å².